The highest BCUT2D eigenvalue weighted by molar-refractivity contribution is 14.1. The minimum absolute atomic E-state index is 0.0923. The topological polar surface area (TPSA) is 83.4 Å². The van der Waals surface area contributed by atoms with E-state index in [0.29, 0.717) is 11.3 Å². The molecule has 1 radical (unpaired) electrons. The number of benzene rings is 2. The molecule has 10 heteroatoms. The van der Waals surface area contributed by atoms with Crippen LogP contribution in [0.25, 0.3) is 16.2 Å². The molecular formula is C33H39BIN4O2S2. The highest BCUT2D eigenvalue weighted by Crippen LogP contribution is 2.32. The van der Waals surface area contributed by atoms with Crippen LogP contribution in [-0.2, 0) is 32.2 Å². The monoisotopic (exact) mass is 727 g/mol. The van der Waals surface area contributed by atoms with Crippen molar-refractivity contribution in [1.29, 1.82) is 6.74 Å². The lowest BCUT2D eigenvalue weighted by Gasteiger charge is -2.14. The number of halogens is 1. The van der Waals surface area contributed by atoms with Crippen molar-refractivity contribution in [3.63, 3.8) is 0 Å². The van der Waals surface area contributed by atoms with Gasteiger partial charge in [-0.15, -0.1) is 22.7 Å². The minimum Gasteiger partial charge on any atom is -0.400 e. The van der Waals surface area contributed by atoms with Crippen LogP contribution in [0.4, 0.5) is 0 Å². The summed E-state index contributed by atoms with van der Waals surface area (Å²) < 4.78 is 10.3. The van der Waals surface area contributed by atoms with Gasteiger partial charge in [-0.3, -0.25) is 14.6 Å². The van der Waals surface area contributed by atoms with Crippen molar-refractivity contribution in [1.82, 2.24) is 14.0 Å². The van der Waals surface area contributed by atoms with E-state index in [1.54, 1.807) is 4.88 Å². The normalized spacial score (nSPS) is 13.6. The van der Waals surface area contributed by atoms with E-state index in [-0.39, 0.29) is 5.78 Å². The lowest BCUT2D eigenvalue weighted by molar-refractivity contribution is 0.0969. The molecule has 0 unspecified atom stereocenters. The Morgan fingerprint density at radius 2 is 1.47 bits per heavy atom. The van der Waals surface area contributed by atoms with Crippen molar-refractivity contribution in [2.45, 2.75) is 71.8 Å². The van der Waals surface area contributed by atoms with Gasteiger partial charge in [-0.05, 0) is 66.5 Å². The van der Waals surface area contributed by atoms with Crippen LogP contribution in [0.5, 0.6) is 0 Å². The Morgan fingerprint density at radius 1 is 0.930 bits per heavy atom. The lowest BCUT2D eigenvalue weighted by Crippen LogP contribution is -2.22. The van der Waals surface area contributed by atoms with Crippen molar-refractivity contribution in [3.05, 3.63) is 97.4 Å². The molecule has 0 spiro atoms. The molecule has 0 atom stereocenters. The summed E-state index contributed by atoms with van der Waals surface area (Å²) in [6.07, 6.45) is 11.8. The molecule has 2 N–H and O–H groups in total. The van der Waals surface area contributed by atoms with Crippen molar-refractivity contribution in [3.8, 4) is 11.3 Å². The standard InChI is InChI=1S/C16H18N2OS.C16H16N2S.CH4O.BHI/c1-11-6-8-12(9-7-11)14(19)10-18-13-4-2-3-5-15(13)20-16(18)17;1-11-6-8-12(9-7-11)13-10-18-14-4-2-3-5-15(14)19-16(18)17-13;2*1-2/h6-9,17H,2-5,10H2,1H3;6-10H,2-5H2,1H3;2H,1H3;1H/i;;;1T. The zero-order valence-corrected chi connectivity index (χ0v) is 28.8. The zero-order chi connectivity index (χ0) is 31.6. The van der Waals surface area contributed by atoms with E-state index in [0.717, 1.165) is 41.7 Å². The van der Waals surface area contributed by atoms with E-state index in [1.807, 2.05) is 69.5 Å². The van der Waals surface area contributed by atoms with Crippen molar-refractivity contribution >= 4 is 61.5 Å². The molecule has 5 aromatic rings. The molecular weight excluding hydrogens is 686 g/mol. The van der Waals surface area contributed by atoms with Crippen molar-refractivity contribution < 1.29 is 9.90 Å². The van der Waals surface area contributed by atoms with Crippen LogP contribution in [0, 0.1) is 19.3 Å². The molecule has 6 nitrogen and oxygen atoms in total. The summed E-state index contributed by atoms with van der Waals surface area (Å²) in [5.41, 5.74) is 9.43. The molecule has 3 heterocycles. The first-order valence-corrected chi connectivity index (χ1v) is 17.4. The molecule has 2 aliphatic carbocycles. The number of fused-ring (bicyclic) bond motifs is 4. The van der Waals surface area contributed by atoms with Crippen molar-refractivity contribution in [2.24, 2.45) is 0 Å². The quantitative estimate of drug-likeness (QED) is 0.117. The molecule has 0 bridgehead atoms. The average molecular weight is 728 g/mol. The van der Waals surface area contributed by atoms with Gasteiger partial charge in [0.05, 0.1) is 12.2 Å². The van der Waals surface area contributed by atoms with Gasteiger partial charge >= 0.3 is 0 Å². The molecule has 0 fully saturated rings. The van der Waals surface area contributed by atoms with Gasteiger partial charge in [0.15, 0.2) is 21.2 Å². The zero-order valence-electron chi connectivity index (χ0n) is 26.0. The molecule has 0 saturated heterocycles. The third-order valence-corrected chi connectivity index (χ3v) is 10.0. The first-order chi connectivity index (χ1) is 21.4. The number of hydrogen-bond acceptors (Lipinski definition) is 6. The fourth-order valence-electron chi connectivity index (χ4n) is 5.52. The summed E-state index contributed by atoms with van der Waals surface area (Å²) in [6, 6.07) is 16.3. The highest BCUT2D eigenvalue weighted by Gasteiger charge is 2.19. The van der Waals surface area contributed by atoms with E-state index < -0.39 is 0 Å². The number of carbonyl (C=O) groups is 1. The van der Waals surface area contributed by atoms with Crippen molar-refractivity contribution in [2.75, 3.05) is 7.11 Å². The molecule has 7 rings (SSSR count). The summed E-state index contributed by atoms with van der Waals surface area (Å²) >= 11 is 5.23. The Morgan fingerprint density at radius 3 is 2.09 bits per heavy atom. The van der Waals surface area contributed by atoms with Gasteiger partial charge in [0.2, 0.25) is 0 Å². The highest BCUT2D eigenvalue weighted by atomic mass is 127. The number of aliphatic hydroxyl groups excluding tert-OH is 1. The van der Waals surface area contributed by atoms with E-state index in [1.165, 1.54) is 82.9 Å². The van der Waals surface area contributed by atoms with Gasteiger partial charge in [-0.2, -0.15) is 22.4 Å². The maximum atomic E-state index is 12.4. The number of nitrogens with one attached hydrogen (secondary N) is 1. The fraction of sp³-hybridized carbons (Fsp3) is 0.364. The van der Waals surface area contributed by atoms with Crippen LogP contribution < -0.4 is 4.80 Å². The summed E-state index contributed by atoms with van der Waals surface area (Å²) in [7, 11) is 1.00. The molecule has 2 aromatic carbocycles. The van der Waals surface area contributed by atoms with Crippen LogP contribution in [-0.4, -0.2) is 39.0 Å². The van der Waals surface area contributed by atoms with Gasteiger partial charge < -0.3 is 9.67 Å². The lowest BCUT2D eigenvalue weighted by atomic mass is 10.0. The number of aliphatic hydroxyl groups is 1. The Labute approximate surface area is 278 Å². The number of thiazole rings is 2. The second kappa shape index (κ2) is 16.0. The molecule has 2 aliphatic rings. The number of aromatic nitrogens is 3. The third kappa shape index (κ3) is 7.95. The van der Waals surface area contributed by atoms with Gasteiger partial charge in [-0.25, -0.2) is 4.98 Å². The molecule has 43 heavy (non-hydrogen) atoms. The number of rotatable bonds is 4. The van der Waals surface area contributed by atoms with Gasteiger partial charge in [-0.1, -0.05) is 59.7 Å². The molecule has 3 aromatic heterocycles. The Bertz CT molecular complexity index is 1730. The maximum Gasteiger partial charge on any atom is 0.194 e. The van der Waals surface area contributed by atoms with E-state index >= 15 is 0 Å². The third-order valence-electron chi connectivity index (χ3n) is 7.77. The Hall–Kier alpha value is -2.54. The fourth-order valence-corrected chi connectivity index (χ4v) is 7.81. The van der Waals surface area contributed by atoms with Crippen LogP contribution >= 0.6 is 45.0 Å². The second-order valence-electron chi connectivity index (χ2n) is 10.7. The molecule has 0 aliphatic heterocycles. The smallest absolute Gasteiger partial charge is 0.194 e. The van der Waals surface area contributed by atoms with E-state index in [2.05, 4.69) is 41.8 Å². The van der Waals surface area contributed by atoms with Crippen LogP contribution in [0.3, 0.4) is 0 Å². The van der Waals surface area contributed by atoms with Gasteiger partial charge in [0, 0.05) is 45.6 Å². The number of carbonyl (C=O) groups excluding carboxylic acids is 1. The molecule has 225 valence electrons. The predicted octanol–water partition coefficient (Wildman–Crippen LogP) is 7.19. The van der Waals surface area contributed by atoms with E-state index in [9.17, 15) is 4.79 Å². The van der Waals surface area contributed by atoms with Crippen LogP contribution in [0.15, 0.2) is 54.7 Å². The summed E-state index contributed by atoms with van der Waals surface area (Å²) in [6.45, 7) is 4.43. The van der Waals surface area contributed by atoms with Crippen LogP contribution in [0.2, 0.25) is 0 Å². The van der Waals surface area contributed by atoms with E-state index in [4.69, 9.17) is 16.8 Å². The largest absolute Gasteiger partial charge is 0.400 e. The minimum atomic E-state index is 0.0923. The number of imidazole rings is 1. The first kappa shape index (κ1) is 31.9. The van der Waals surface area contributed by atoms with Gasteiger partial charge in [0.1, 0.15) is 0 Å². The number of hydrogen-bond donors (Lipinski definition) is 2. The summed E-state index contributed by atoms with van der Waals surface area (Å²) in [5, 5.41) is 15.1. The number of nitrogens with zero attached hydrogens (tertiary/aromatic N) is 3. The summed E-state index contributed by atoms with van der Waals surface area (Å²) in [4.78, 5) is 21.7. The van der Waals surface area contributed by atoms with Gasteiger partial charge in [0.25, 0.3) is 0 Å². The Balaban J connectivity index is 0.000000176. The maximum absolute atomic E-state index is 12.4. The first-order valence-electron chi connectivity index (χ1n) is 15.1. The second-order valence-corrected chi connectivity index (χ2v) is 12.8. The van der Waals surface area contributed by atoms with Crippen LogP contribution in [0.1, 0.15) is 68.3 Å². The Kier molecular flexibility index (Phi) is 11.8. The number of aryl methyl sites for hydroxylation is 5. The summed E-state index contributed by atoms with van der Waals surface area (Å²) in [5.74, 6) is 0.0923. The molecule has 0 saturated carbocycles. The molecule has 0 amide bonds. The number of Topliss-reactive ketones (excluding diaryl/α,β-unsaturated/α-hetero) is 1. The average Bonchev–Trinajstić information content (AvgIpc) is 3.70. The number of ketones is 1. The SMILES string of the molecule is CO.Cc1ccc(-c2cn3c4c(sc3n2)CCCC4)cc1.Cc1ccc(C(=O)Cn2c3c(sc2=N)CCCC3)cc1.[3H][B]I. The predicted molar refractivity (Wildman–Crippen MR) is 190 cm³/mol.